The molecule has 7 heteroatoms. The number of aryl methyl sites for hydroxylation is 1. The van der Waals surface area contributed by atoms with Crippen molar-refractivity contribution >= 4 is 11.8 Å². The van der Waals surface area contributed by atoms with Gasteiger partial charge in [0.1, 0.15) is 17.3 Å². The molecule has 0 aliphatic carbocycles. The van der Waals surface area contributed by atoms with E-state index < -0.39 is 0 Å². The lowest BCUT2D eigenvalue weighted by Crippen LogP contribution is -2.01. The highest BCUT2D eigenvalue weighted by atomic mass is 32.2. The minimum Gasteiger partial charge on any atom is -0.360 e. The molecule has 4 rings (SSSR count). The van der Waals surface area contributed by atoms with E-state index in [2.05, 4.69) is 21.9 Å². The van der Waals surface area contributed by atoms with Crippen molar-refractivity contribution in [2.75, 3.05) is 0 Å². The van der Waals surface area contributed by atoms with Crippen LogP contribution in [0, 0.1) is 12.7 Å². The SMILES string of the molecule is C=CCn1c(SCc2cc(-c3ccc(C)cc3)no2)nnc1-c1ccccc1F. The lowest BCUT2D eigenvalue weighted by atomic mass is 10.1. The molecule has 0 fully saturated rings. The van der Waals surface area contributed by atoms with E-state index in [9.17, 15) is 4.39 Å². The lowest BCUT2D eigenvalue weighted by Gasteiger charge is -2.07. The Kier molecular flexibility index (Phi) is 5.57. The number of hydrogen-bond acceptors (Lipinski definition) is 5. The summed E-state index contributed by atoms with van der Waals surface area (Å²) in [6.45, 7) is 6.31. The van der Waals surface area contributed by atoms with Crippen LogP contribution in [0.3, 0.4) is 0 Å². The van der Waals surface area contributed by atoms with Gasteiger partial charge in [0.2, 0.25) is 0 Å². The fraction of sp³-hybridized carbons (Fsp3) is 0.136. The smallest absolute Gasteiger partial charge is 0.192 e. The number of aromatic nitrogens is 4. The molecule has 0 aliphatic rings. The maximum Gasteiger partial charge on any atom is 0.192 e. The summed E-state index contributed by atoms with van der Waals surface area (Å²) >= 11 is 1.46. The summed E-state index contributed by atoms with van der Waals surface area (Å²) in [6, 6.07) is 16.6. The number of nitrogens with zero attached hydrogens (tertiary/aromatic N) is 4. The molecule has 146 valence electrons. The zero-order valence-corrected chi connectivity index (χ0v) is 16.7. The van der Waals surface area contributed by atoms with E-state index in [4.69, 9.17) is 4.52 Å². The summed E-state index contributed by atoms with van der Waals surface area (Å²) in [6.07, 6.45) is 1.74. The van der Waals surface area contributed by atoms with E-state index in [1.165, 1.54) is 23.4 Å². The van der Waals surface area contributed by atoms with Gasteiger partial charge in [-0.3, -0.25) is 4.57 Å². The number of benzene rings is 2. The first kappa shape index (κ1) is 19.1. The maximum absolute atomic E-state index is 14.2. The molecule has 2 aromatic heterocycles. The number of thioether (sulfide) groups is 1. The lowest BCUT2D eigenvalue weighted by molar-refractivity contribution is 0.397. The molecule has 0 bridgehead atoms. The molecule has 29 heavy (non-hydrogen) atoms. The van der Waals surface area contributed by atoms with Gasteiger partial charge in [0.05, 0.1) is 11.3 Å². The first-order chi connectivity index (χ1) is 14.2. The Balaban J connectivity index is 1.54. The monoisotopic (exact) mass is 406 g/mol. The predicted octanol–water partition coefficient (Wildman–Crippen LogP) is 5.53. The molecule has 0 spiro atoms. The van der Waals surface area contributed by atoms with Crippen LogP contribution in [0.5, 0.6) is 0 Å². The second kappa shape index (κ2) is 8.45. The van der Waals surface area contributed by atoms with Gasteiger partial charge in [-0.05, 0) is 19.1 Å². The highest BCUT2D eigenvalue weighted by Crippen LogP contribution is 2.29. The molecule has 0 amide bonds. The zero-order valence-electron chi connectivity index (χ0n) is 15.9. The second-order valence-corrected chi connectivity index (χ2v) is 7.46. The van der Waals surface area contributed by atoms with Gasteiger partial charge >= 0.3 is 0 Å². The van der Waals surface area contributed by atoms with Crippen LogP contribution in [0.15, 0.2) is 76.9 Å². The minimum atomic E-state index is -0.334. The molecule has 4 aromatic rings. The summed E-state index contributed by atoms with van der Waals surface area (Å²) in [5.41, 5.74) is 3.41. The minimum absolute atomic E-state index is 0.334. The topological polar surface area (TPSA) is 56.7 Å². The van der Waals surface area contributed by atoms with Crippen molar-refractivity contribution in [2.24, 2.45) is 0 Å². The molecular weight excluding hydrogens is 387 g/mol. The normalized spacial score (nSPS) is 11.0. The standard InChI is InChI=1S/C22H19FN4OS/c1-3-12-27-21(18-6-4-5-7-19(18)23)24-25-22(27)29-14-17-13-20(26-28-17)16-10-8-15(2)9-11-16/h3-11,13H,1,12,14H2,2H3. The summed E-state index contributed by atoms with van der Waals surface area (Å²) in [4.78, 5) is 0. The van der Waals surface area contributed by atoms with Crippen LogP contribution in [0.25, 0.3) is 22.6 Å². The van der Waals surface area contributed by atoms with Crippen LogP contribution in [-0.4, -0.2) is 19.9 Å². The third-order valence-electron chi connectivity index (χ3n) is 4.39. The fourth-order valence-corrected chi connectivity index (χ4v) is 3.73. The summed E-state index contributed by atoms with van der Waals surface area (Å²) < 4.78 is 21.5. The third kappa shape index (κ3) is 4.14. The summed E-state index contributed by atoms with van der Waals surface area (Å²) in [5, 5.41) is 13.3. The molecule has 0 aliphatic heterocycles. The quantitative estimate of drug-likeness (QED) is 0.298. The van der Waals surface area contributed by atoms with Gasteiger partial charge in [-0.2, -0.15) is 0 Å². The highest BCUT2D eigenvalue weighted by Gasteiger charge is 2.17. The van der Waals surface area contributed by atoms with Crippen molar-refractivity contribution in [3.63, 3.8) is 0 Å². The van der Waals surface area contributed by atoms with E-state index in [1.54, 1.807) is 24.3 Å². The van der Waals surface area contributed by atoms with Crippen molar-refractivity contribution in [1.82, 2.24) is 19.9 Å². The fourth-order valence-electron chi connectivity index (χ4n) is 2.91. The molecular formula is C22H19FN4OS. The Labute approximate surface area is 172 Å². The molecule has 0 unspecified atom stereocenters. The number of halogens is 1. The Hall–Kier alpha value is -3.19. The van der Waals surface area contributed by atoms with Crippen LogP contribution >= 0.6 is 11.8 Å². The van der Waals surface area contributed by atoms with Gasteiger partial charge in [-0.25, -0.2) is 4.39 Å². The van der Waals surface area contributed by atoms with Crippen LogP contribution in [0.4, 0.5) is 4.39 Å². The number of hydrogen-bond donors (Lipinski definition) is 0. The molecule has 0 atom stereocenters. The Morgan fingerprint density at radius 1 is 1.14 bits per heavy atom. The van der Waals surface area contributed by atoms with Crippen LogP contribution in [0.2, 0.25) is 0 Å². The van der Waals surface area contributed by atoms with Gasteiger partial charge < -0.3 is 4.52 Å². The van der Waals surface area contributed by atoms with Gasteiger partial charge in [0, 0.05) is 18.2 Å². The zero-order chi connectivity index (χ0) is 20.2. The maximum atomic E-state index is 14.2. The largest absolute Gasteiger partial charge is 0.360 e. The average Bonchev–Trinajstić information content (AvgIpc) is 3.35. The van der Waals surface area contributed by atoms with E-state index >= 15 is 0 Å². The van der Waals surface area contributed by atoms with Crippen molar-refractivity contribution in [3.05, 3.63) is 84.4 Å². The van der Waals surface area contributed by atoms with E-state index in [0.717, 1.165) is 17.0 Å². The average molecular weight is 406 g/mol. The van der Waals surface area contributed by atoms with Gasteiger partial charge in [0.25, 0.3) is 0 Å². The Morgan fingerprint density at radius 2 is 1.93 bits per heavy atom. The molecule has 0 N–H and O–H groups in total. The van der Waals surface area contributed by atoms with Crippen molar-refractivity contribution in [3.8, 4) is 22.6 Å². The number of rotatable bonds is 7. The first-order valence-electron chi connectivity index (χ1n) is 9.10. The molecule has 5 nitrogen and oxygen atoms in total. The molecule has 0 saturated heterocycles. The predicted molar refractivity (Wildman–Crippen MR) is 112 cm³/mol. The van der Waals surface area contributed by atoms with E-state index in [1.807, 2.05) is 41.8 Å². The van der Waals surface area contributed by atoms with Gasteiger partial charge in [0.15, 0.2) is 11.0 Å². The van der Waals surface area contributed by atoms with Crippen molar-refractivity contribution in [1.29, 1.82) is 0 Å². The first-order valence-corrected chi connectivity index (χ1v) is 10.1. The van der Waals surface area contributed by atoms with Crippen LogP contribution in [0.1, 0.15) is 11.3 Å². The van der Waals surface area contributed by atoms with E-state index in [0.29, 0.717) is 28.8 Å². The second-order valence-electron chi connectivity index (χ2n) is 6.52. The summed E-state index contributed by atoms with van der Waals surface area (Å²) in [7, 11) is 0. The van der Waals surface area contributed by atoms with Crippen molar-refractivity contribution < 1.29 is 8.91 Å². The Morgan fingerprint density at radius 3 is 2.69 bits per heavy atom. The van der Waals surface area contributed by atoms with Crippen LogP contribution < -0.4 is 0 Å². The molecule has 2 aromatic carbocycles. The highest BCUT2D eigenvalue weighted by molar-refractivity contribution is 7.98. The number of allylic oxidation sites excluding steroid dienone is 1. The van der Waals surface area contributed by atoms with Crippen LogP contribution in [-0.2, 0) is 12.3 Å². The molecule has 0 radical (unpaired) electrons. The Bertz CT molecular complexity index is 1130. The van der Waals surface area contributed by atoms with Gasteiger partial charge in [-0.1, -0.05) is 65.0 Å². The molecule has 2 heterocycles. The third-order valence-corrected chi connectivity index (χ3v) is 5.38. The van der Waals surface area contributed by atoms with Crippen molar-refractivity contribution in [2.45, 2.75) is 24.4 Å². The molecule has 0 saturated carbocycles. The van der Waals surface area contributed by atoms with E-state index in [-0.39, 0.29) is 5.82 Å². The summed E-state index contributed by atoms with van der Waals surface area (Å²) in [5.74, 6) is 1.40. The van der Waals surface area contributed by atoms with Gasteiger partial charge in [-0.15, -0.1) is 16.8 Å².